The summed E-state index contributed by atoms with van der Waals surface area (Å²) in [6.07, 6.45) is 0. The van der Waals surface area contributed by atoms with Crippen LogP contribution in [0.25, 0.3) is 0 Å². The van der Waals surface area contributed by atoms with Gasteiger partial charge in [-0.3, -0.25) is 10.1 Å². The summed E-state index contributed by atoms with van der Waals surface area (Å²) in [6, 6.07) is 6.07. The average Bonchev–Trinajstić information content (AvgIpc) is 2.82. The molecule has 0 radical (unpaired) electrons. The zero-order chi connectivity index (χ0) is 12.1. The Balaban J connectivity index is 1.87. The Kier molecular flexibility index (Phi) is 3.97. The van der Waals surface area contributed by atoms with Gasteiger partial charge < -0.3 is 18.5 Å². The maximum Gasteiger partial charge on any atom is 0.626 e. The minimum atomic E-state index is -0.752. The monoisotopic (exact) mass is 237 g/mol. The lowest BCUT2D eigenvalue weighted by Crippen LogP contribution is -2.24. The van der Waals surface area contributed by atoms with Crippen LogP contribution in [0, 0.1) is 10.1 Å². The summed E-state index contributed by atoms with van der Waals surface area (Å²) >= 11 is 0. The van der Waals surface area contributed by atoms with Crippen molar-refractivity contribution >= 4 is 20.7 Å². The fourth-order valence-electron chi connectivity index (χ4n) is 1.32. The Morgan fingerprint density at radius 2 is 2.06 bits per heavy atom. The number of para-hydroxylation sites is 2. The molecule has 0 bridgehead atoms. The molecule has 0 amide bonds. The van der Waals surface area contributed by atoms with E-state index >= 15 is 0 Å². The molecule has 2 rings (SSSR count). The van der Waals surface area contributed by atoms with Crippen LogP contribution in [-0.4, -0.2) is 33.1 Å². The van der Waals surface area contributed by atoms with Gasteiger partial charge in [0.05, 0.1) is 18.1 Å². The van der Waals surface area contributed by atoms with E-state index in [1.807, 2.05) is 0 Å². The molecule has 1 fully saturated rings. The Labute approximate surface area is 98.2 Å². The Morgan fingerprint density at radius 3 is 2.76 bits per heavy atom. The molecule has 0 aromatic heterocycles. The highest BCUT2D eigenvalue weighted by atomic mass is 16.8. The zero-order valence-electron chi connectivity index (χ0n) is 8.90. The number of nitro groups is 1. The first-order chi connectivity index (χ1) is 8.27. The zero-order valence-corrected chi connectivity index (χ0v) is 8.90. The van der Waals surface area contributed by atoms with Crippen molar-refractivity contribution in [2.75, 3.05) is 13.2 Å². The third kappa shape index (κ3) is 3.19. The van der Waals surface area contributed by atoms with E-state index in [0.717, 1.165) is 0 Å². The first kappa shape index (κ1) is 11.9. The first-order valence-corrected chi connectivity index (χ1v) is 4.98. The fourth-order valence-corrected chi connectivity index (χ4v) is 1.32. The summed E-state index contributed by atoms with van der Waals surface area (Å²) < 4.78 is 20.2. The average molecular weight is 237 g/mol. The van der Waals surface area contributed by atoms with Crippen LogP contribution in [0.5, 0.6) is 5.75 Å². The number of rotatable bonds is 5. The fraction of sp³-hybridized carbons (Fsp3) is 0.250. The number of nitrogens with zero attached hydrogens (tertiary/aromatic N) is 1. The molecule has 9 heteroatoms. The quantitative estimate of drug-likeness (QED) is 0.415. The number of benzene rings is 1. The normalized spacial score (nSPS) is 14.7. The molecule has 1 aliphatic rings. The maximum absolute atomic E-state index is 10.7. The minimum absolute atomic E-state index is 0.107. The third-order valence-electron chi connectivity index (χ3n) is 2.07. The minimum Gasteiger partial charge on any atom is -0.535 e. The number of hydrogen-bond acceptors (Lipinski definition) is 6. The highest BCUT2D eigenvalue weighted by molar-refractivity contribution is 6.46. The SMILES string of the molecule is O=[N+]([O-])c1ccccc1OBOB1OCCO1. The maximum atomic E-state index is 10.7. The summed E-state index contributed by atoms with van der Waals surface area (Å²) in [5, 5.41) is 10.7. The topological polar surface area (TPSA) is 80.1 Å². The van der Waals surface area contributed by atoms with Crippen molar-refractivity contribution < 1.29 is 23.5 Å². The van der Waals surface area contributed by atoms with Crippen LogP contribution in [0.15, 0.2) is 24.3 Å². The van der Waals surface area contributed by atoms with E-state index in [9.17, 15) is 10.1 Å². The molecular weight excluding hydrogens is 228 g/mol. The summed E-state index contributed by atoms with van der Waals surface area (Å²) in [6.45, 7) is 0.937. The van der Waals surface area contributed by atoms with Gasteiger partial charge in [0.2, 0.25) is 0 Å². The van der Waals surface area contributed by atoms with Gasteiger partial charge in [-0.2, -0.15) is 0 Å². The highest BCUT2D eigenvalue weighted by Crippen LogP contribution is 2.25. The van der Waals surface area contributed by atoms with Crippen molar-refractivity contribution in [3.8, 4) is 5.75 Å². The van der Waals surface area contributed by atoms with E-state index in [0.29, 0.717) is 13.2 Å². The molecule has 0 N–H and O–H groups in total. The van der Waals surface area contributed by atoms with Gasteiger partial charge in [0.15, 0.2) is 5.75 Å². The van der Waals surface area contributed by atoms with E-state index in [-0.39, 0.29) is 19.1 Å². The van der Waals surface area contributed by atoms with Gasteiger partial charge in [-0.15, -0.1) is 0 Å². The van der Waals surface area contributed by atoms with Crippen LogP contribution in [0.4, 0.5) is 5.69 Å². The molecule has 7 nitrogen and oxygen atoms in total. The van der Waals surface area contributed by atoms with Crippen LogP contribution in [0.1, 0.15) is 0 Å². The molecule has 1 heterocycles. The Bertz CT molecular complexity index is 397. The molecule has 17 heavy (non-hydrogen) atoms. The van der Waals surface area contributed by atoms with Gasteiger partial charge in [0.25, 0.3) is 0 Å². The second kappa shape index (κ2) is 5.67. The molecule has 0 spiro atoms. The molecule has 0 aliphatic carbocycles. The largest absolute Gasteiger partial charge is 0.626 e. The van der Waals surface area contributed by atoms with Crippen molar-refractivity contribution in [2.24, 2.45) is 0 Å². The van der Waals surface area contributed by atoms with Crippen LogP contribution in [0.3, 0.4) is 0 Å². The van der Waals surface area contributed by atoms with Gasteiger partial charge in [0, 0.05) is 6.07 Å². The Morgan fingerprint density at radius 1 is 1.35 bits per heavy atom. The van der Waals surface area contributed by atoms with Crippen molar-refractivity contribution in [2.45, 2.75) is 0 Å². The summed E-state index contributed by atoms with van der Waals surface area (Å²) in [5.74, 6) is 0.149. The van der Waals surface area contributed by atoms with E-state index in [1.54, 1.807) is 12.1 Å². The van der Waals surface area contributed by atoms with Crippen LogP contribution < -0.4 is 4.65 Å². The summed E-state index contributed by atoms with van der Waals surface area (Å²) in [7, 11) is -0.923. The van der Waals surface area contributed by atoms with E-state index in [4.69, 9.17) is 18.5 Å². The van der Waals surface area contributed by atoms with Gasteiger partial charge in [-0.1, -0.05) is 12.1 Å². The standard InChI is InChI=1S/C8H9B2NO6/c12-11(13)7-3-1-2-4-8(7)16-9-17-10-14-5-6-15-10/h1-4,9H,5-6H2. The second-order valence-corrected chi connectivity index (χ2v) is 3.18. The van der Waals surface area contributed by atoms with E-state index in [1.165, 1.54) is 12.1 Å². The van der Waals surface area contributed by atoms with E-state index < -0.39 is 12.2 Å². The number of nitro benzene ring substituents is 1. The third-order valence-corrected chi connectivity index (χ3v) is 2.07. The molecule has 0 saturated carbocycles. The molecular formula is C8H9B2NO6. The molecule has 1 aromatic rings. The second-order valence-electron chi connectivity index (χ2n) is 3.18. The summed E-state index contributed by atoms with van der Waals surface area (Å²) in [5.41, 5.74) is -0.107. The van der Waals surface area contributed by atoms with Crippen molar-refractivity contribution in [3.05, 3.63) is 34.4 Å². The predicted octanol–water partition coefficient (Wildman–Crippen LogP) is 0.288. The Hall–Kier alpha value is -1.57. The first-order valence-electron chi connectivity index (χ1n) is 4.98. The predicted molar refractivity (Wildman–Crippen MR) is 59.6 cm³/mol. The summed E-state index contributed by atoms with van der Waals surface area (Å²) in [4.78, 5) is 10.2. The van der Waals surface area contributed by atoms with Crippen LogP contribution in [-0.2, 0) is 13.9 Å². The lowest BCUT2D eigenvalue weighted by Gasteiger charge is -2.07. The lowest BCUT2D eigenvalue weighted by atomic mass is 10.2. The van der Waals surface area contributed by atoms with Gasteiger partial charge in [0.1, 0.15) is 0 Å². The van der Waals surface area contributed by atoms with Crippen molar-refractivity contribution in [1.82, 2.24) is 0 Å². The molecule has 88 valence electrons. The van der Waals surface area contributed by atoms with Gasteiger partial charge >= 0.3 is 20.7 Å². The van der Waals surface area contributed by atoms with Crippen LogP contribution in [0.2, 0.25) is 0 Å². The molecule has 0 unspecified atom stereocenters. The molecule has 1 aliphatic heterocycles. The van der Waals surface area contributed by atoms with Crippen molar-refractivity contribution in [1.29, 1.82) is 0 Å². The van der Waals surface area contributed by atoms with E-state index in [2.05, 4.69) is 0 Å². The van der Waals surface area contributed by atoms with Crippen molar-refractivity contribution in [3.63, 3.8) is 0 Å². The number of hydrogen-bond donors (Lipinski definition) is 0. The van der Waals surface area contributed by atoms with Gasteiger partial charge in [-0.25, -0.2) is 0 Å². The highest BCUT2D eigenvalue weighted by Gasteiger charge is 2.27. The lowest BCUT2D eigenvalue weighted by molar-refractivity contribution is -0.385. The van der Waals surface area contributed by atoms with Crippen LogP contribution >= 0.6 is 0 Å². The smallest absolute Gasteiger partial charge is 0.535 e. The van der Waals surface area contributed by atoms with Gasteiger partial charge in [-0.05, 0) is 6.07 Å². The molecule has 1 aromatic carbocycles. The molecule has 0 atom stereocenters. The molecule has 1 saturated heterocycles.